The predicted octanol–water partition coefficient (Wildman–Crippen LogP) is 3.72. The van der Waals surface area contributed by atoms with Crippen molar-refractivity contribution in [2.24, 2.45) is 0 Å². The fourth-order valence-corrected chi connectivity index (χ4v) is 4.61. The molecule has 4 heteroatoms. The van der Waals surface area contributed by atoms with Crippen molar-refractivity contribution in [1.29, 1.82) is 0 Å². The summed E-state index contributed by atoms with van der Waals surface area (Å²) < 4.78 is 7.69. The number of hydrogen-bond acceptors (Lipinski definition) is 3. The van der Waals surface area contributed by atoms with Crippen molar-refractivity contribution in [3.05, 3.63) is 57.9 Å². The highest BCUT2D eigenvalue weighted by molar-refractivity contribution is 5.82. The van der Waals surface area contributed by atoms with E-state index in [0.717, 1.165) is 43.4 Å². The summed E-state index contributed by atoms with van der Waals surface area (Å²) in [6, 6.07) is 6.99. The third kappa shape index (κ3) is 3.74. The zero-order valence-electron chi connectivity index (χ0n) is 16.5. The quantitative estimate of drug-likeness (QED) is 0.820. The van der Waals surface area contributed by atoms with Gasteiger partial charge in [-0.2, -0.15) is 0 Å². The smallest absolute Gasteiger partial charge is 0.255 e. The van der Waals surface area contributed by atoms with Gasteiger partial charge in [0.05, 0.1) is 11.1 Å². The molecule has 144 valence electrons. The molecule has 0 bridgehead atoms. The van der Waals surface area contributed by atoms with Crippen molar-refractivity contribution in [3.63, 3.8) is 0 Å². The van der Waals surface area contributed by atoms with Crippen LogP contribution in [0.25, 0.3) is 10.9 Å². The summed E-state index contributed by atoms with van der Waals surface area (Å²) in [5.74, 6) is 0. The van der Waals surface area contributed by atoms with Crippen molar-refractivity contribution in [2.75, 3.05) is 6.61 Å². The molecule has 4 nitrogen and oxygen atoms in total. The van der Waals surface area contributed by atoms with Crippen LogP contribution in [0.1, 0.15) is 49.8 Å². The van der Waals surface area contributed by atoms with Gasteiger partial charge in [0, 0.05) is 31.3 Å². The van der Waals surface area contributed by atoms with Gasteiger partial charge in [0.2, 0.25) is 0 Å². The first kappa shape index (κ1) is 18.5. The summed E-state index contributed by atoms with van der Waals surface area (Å²) in [6.45, 7) is 10.0. The van der Waals surface area contributed by atoms with Gasteiger partial charge in [0.25, 0.3) is 5.56 Å². The number of ether oxygens (including phenoxy) is 1. The molecule has 1 aromatic heterocycles. The molecule has 2 aliphatic rings. The lowest BCUT2D eigenvalue weighted by Gasteiger charge is -2.36. The van der Waals surface area contributed by atoms with Gasteiger partial charge in [-0.3, -0.25) is 4.79 Å². The Bertz CT molecular complexity index is 926. The average molecular weight is 367 g/mol. The average Bonchev–Trinajstić information content (AvgIpc) is 3.08. The van der Waals surface area contributed by atoms with Crippen LogP contribution < -0.4 is 10.9 Å². The number of nitrogens with zero attached hydrogens (tertiary/aromatic N) is 1. The van der Waals surface area contributed by atoms with E-state index in [0.29, 0.717) is 19.1 Å². The van der Waals surface area contributed by atoms with Crippen LogP contribution in [0.5, 0.6) is 0 Å². The lowest BCUT2D eigenvalue weighted by atomic mass is 9.94. The Balaban J connectivity index is 1.66. The van der Waals surface area contributed by atoms with E-state index in [2.05, 4.69) is 43.9 Å². The van der Waals surface area contributed by atoms with Crippen molar-refractivity contribution in [1.82, 2.24) is 9.88 Å². The highest BCUT2D eigenvalue weighted by atomic mass is 16.5. The SMILES string of the molecule is C=CCn1c(=O)c(CNC2CCOC(C)(C)C2)cc2cc3c(cc21)CCC3. The highest BCUT2D eigenvalue weighted by Gasteiger charge is 2.28. The lowest BCUT2D eigenvalue weighted by Crippen LogP contribution is -2.44. The first-order valence-corrected chi connectivity index (χ1v) is 10.1. The minimum absolute atomic E-state index is 0.0943. The summed E-state index contributed by atoms with van der Waals surface area (Å²) in [7, 11) is 0. The number of fused-ring (bicyclic) bond motifs is 2. The van der Waals surface area contributed by atoms with Gasteiger partial charge < -0.3 is 14.6 Å². The third-order valence-electron chi connectivity index (χ3n) is 5.97. The van der Waals surface area contributed by atoms with Crippen LogP contribution in [-0.4, -0.2) is 22.8 Å². The van der Waals surface area contributed by atoms with Crippen LogP contribution in [0.2, 0.25) is 0 Å². The Morgan fingerprint density at radius 2 is 2.07 bits per heavy atom. The maximum Gasteiger partial charge on any atom is 0.255 e. The zero-order chi connectivity index (χ0) is 19.0. The molecule has 1 aromatic carbocycles. The first-order valence-electron chi connectivity index (χ1n) is 10.1. The predicted molar refractivity (Wildman–Crippen MR) is 110 cm³/mol. The molecule has 27 heavy (non-hydrogen) atoms. The molecular weight excluding hydrogens is 336 g/mol. The Morgan fingerprint density at radius 3 is 2.81 bits per heavy atom. The number of benzene rings is 1. The van der Waals surface area contributed by atoms with Crippen molar-refractivity contribution in [3.8, 4) is 0 Å². The second-order valence-corrected chi connectivity index (χ2v) is 8.59. The minimum Gasteiger partial charge on any atom is -0.375 e. The molecule has 2 heterocycles. The van der Waals surface area contributed by atoms with Gasteiger partial charge in [-0.05, 0) is 80.7 Å². The molecule has 1 fully saturated rings. The molecule has 1 unspecified atom stereocenters. The monoisotopic (exact) mass is 366 g/mol. The summed E-state index contributed by atoms with van der Waals surface area (Å²) in [6.07, 6.45) is 7.25. The molecule has 1 aliphatic carbocycles. The van der Waals surface area contributed by atoms with Gasteiger partial charge in [-0.15, -0.1) is 6.58 Å². The van der Waals surface area contributed by atoms with Gasteiger partial charge in [-0.25, -0.2) is 0 Å². The van der Waals surface area contributed by atoms with Gasteiger partial charge >= 0.3 is 0 Å². The summed E-state index contributed by atoms with van der Waals surface area (Å²) in [5, 5.41) is 4.77. The Morgan fingerprint density at radius 1 is 1.30 bits per heavy atom. The number of pyridine rings is 1. The maximum absolute atomic E-state index is 13.1. The standard InChI is InChI=1S/C23H30N2O2/c1-4-9-25-21-13-17-7-5-6-16(17)11-18(21)12-19(22(25)26)15-24-20-8-10-27-23(2,3)14-20/h4,11-13,20,24H,1,5-10,14-15H2,2-3H3. The second-order valence-electron chi connectivity index (χ2n) is 8.59. The fraction of sp³-hybridized carbons (Fsp3) is 0.522. The Hall–Kier alpha value is -1.91. The molecule has 1 aliphatic heterocycles. The molecule has 1 N–H and O–H groups in total. The fourth-order valence-electron chi connectivity index (χ4n) is 4.61. The van der Waals surface area contributed by atoms with E-state index in [1.807, 2.05) is 10.6 Å². The maximum atomic E-state index is 13.1. The number of hydrogen-bond donors (Lipinski definition) is 1. The number of rotatable bonds is 5. The van der Waals surface area contributed by atoms with E-state index >= 15 is 0 Å². The number of allylic oxidation sites excluding steroid dienone is 1. The zero-order valence-corrected chi connectivity index (χ0v) is 16.5. The number of aryl methyl sites for hydroxylation is 2. The summed E-state index contributed by atoms with van der Waals surface area (Å²) >= 11 is 0. The van der Waals surface area contributed by atoms with Crippen molar-refractivity contribution in [2.45, 2.75) is 70.7 Å². The molecule has 4 rings (SSSR count). The largest absolute Gasteiger partial charge is 0.375 e. The van der Waals surface area contributed by atoms with Crippen LogP contribution in [0.4, 0.5) is 0 Å². The van der Waals surface area contributed by atoms with Gasteiger partial charge in [0.1, 0.15) is 0 Å². The lowest BCUT2D eigenvalue weighted by molar-refractivity contribution is -0.0630. The summed E-state index contributed by atoms with van der Waals surface area (Å²) in [5.41, 5.74) is 4.72. The third-order valence-corrected chi connectivity index (χ3v) is 5.97. The van der Waals surface area contributed by atoms with Crippen molar-refractivity contribution < 1.29 is 4.74 Å². The molecule has 1 saturated heterocycles. The van der Waals surface area contributed by atoms with Crippen LogP contribution in [-0.2, 0) is 30.7 Å². The van der Waals surface area contributed by atoms with E-state index in [-0.39, 0.29) is 11.2 Å². The molecular formula is C23H30N2O2. The van der Waals surface area contributed by atoms with E-state index in [4.69, 9.17) is 4.74 Å². The summed E-state index contributed by atoms with van der Waals surface area (Å²) in [4.78, 5) is 13.1. The number of aromatic nitrogens is 1. The van der Waals surface area contributed by atoms with Crippen LogP contribution in [0.3, 0.4) is 0 Å². The van der Waals surface area contributed by atoms with Crippen LogP contribution in [0.15, 0.2) is 35.6 Å². The Labute approximate surface area is 161 Å². The van der Waals surface area contributed by atoms with Crippen molar-refractivity contribution >= 4 is 10.9 Å². The normalized spacial score (nSPS) is 21.3. The molecule has 1 atom stereocenters. The molecule has 0 radical (unpaired) electrons. The molecule has 0 saturated carbocycles. The first-order chi connectivity index (χ1) is 13.0. The molecule has 0 amide bonds. The molecule has 2 aromatic rings. The van der Waals surface area contributed by atoms with E-state index < -0.39 is 0 Å². The second kappa shape index (κ2) is 7.25. The highest BCUT2D eigenvalue weighted by Crippen LogP contribution is 2.28. The van der Waals surface area contributed by atoms with Gasteiger partial charge in [0.15, 0.2) is 0 Å². The van der Waals surface area contributed by atoms with Crippen LogP contribution in [0, 0.1) is 0 Å². The topological polar surface area (TPSA) is 43.3 Å². The van der Waals surface area contributed by atoms with Crippen LogP contribution >= 0.6 is 0 Å². The van der Waals surface area contributed by atoms with E-state index in [9.17, 15) is 4.79 Å². The van der Waals surface area contributed by atoms with E-state index in [1.165, 1.54) is 22.9 Å². The minimum atomic E-state index is -0.0943. The molecule has 0 spiro atoms. The van der Waals surface area contributed by atoms with E-state index in [1.54, 1.807) is 0 Å². The number of nitrogens with one attached hydrogen (secondary N) is 1. The van der Waals surface area contributed by atoms with Gasteiger partial charge in [-0.1, -0.05) is 6.08 Å². The Kier molecular flexibility index (Phi) is 4.95.